The zero-order valence-corrected chi connectivity index (χ0v) is 14.6. The van der Waals surface area contributed by atoms with Gasteiger partial charge in [0.25, 0.3) is 0 Å². The Morgan fingerprint density at radius 3 is 2.42 bits per heavy atom. The van der Waals surface area contributed by atoms with Crippen LogP contribution in [0.4, 0.5) is 10.5 Å². The second-order valence-corrected chi connectivity index (χ2v) is 5.83. The van der Waals surface area contributed by atoms with Crippen LogP contribution < -0.4 is 9.64 Å². The molecule has 0 radical (unpaired) electrons. The van der Waals surface area contributed by atoms with Gasteiger partial charge in [-0.2, -0.15) is 0 Å². The molecule has 0 bridgehead atoms. The second kappa shape index (κ2) is 8.35. The van der Waals surface area contributed by atoms with Crippen molar-refractivity contribution in [3.05, 3.63) is 42.3 Å². The third-order valence-electron chi connectivity index (χ3n) is 3.54. The van der Waals surface area contributed by atoms with Gasteiger partial charge in [0.15, 0.2) is 0 Å². The highest BCUT2D eigenvalue weighted by atomic mass is 16.5. The van der Waals surface area contributed by atoms with Crippen LogP contribution in [0.2, 0.25) is 0 Å². The zero-order valence-electron chi connectivity index (χ0n) is 14.6. The summed E-state index contributed by atoms with van der Waals surface area (Å²) in [4.78, 5) is 17.7. The molecule has 2 amide bonds. The number of likely N-dealkylation sites (N-methyl/N-ethyl adjacent to an activating group) is 1. The van der Waals surface area contributed by atoms with E-state index in [1.807, 2.05) is 38.4 Å². The SMILES string of the molecule is CN(C)CCOc1ccc(N(C)C(=O)N(C)Cc2ccon2)cc1. The van der Waals surface area contributed by atoms with E-state index in [9.17, 15) is 4.79 Å². The largest absolute Gasteiger partial charge is 0.492 e. The van der Waals surface area contributed by atoms with E-state index in [4.69, 9.17) is 9.26 Å². The van der Waals surface area contributed by atoms with Gasteiger partial charge in [-0.15, -0.1) is 0 Å². The van der Waals surface area contributed by atoms with E-state index in [2.05, 4.69) is 10.1 Å². The van der Waals surface area contributed by atoms with Crippen molar-refractivity contribution in [2.75, 3.05) is 46.2 Å². The molecule has 0 saturated carbocycles. The Morgan fingerprint density at radius 1 is 1.12 bits per heavy atom. The number of hydrogen-bond acceptors (Lipinski definition) is 5. The highest BCUT2D eigenvalue weighted by Crippen LogP contribution is 2.19. The maximum absolute atomic E-state index is 12.5. The van der Waals surface area contributed by atoms with Gasteiger partial charge < -0.3 is 19.1 Å². The molecule has 24 heavy (non-hydrogen) atoms. The number of amides is 2. The number of carbonyl (C=O) groups excluding carboxylic acids is 1. The van der Waals surface area contributed by atoms with Crippen LogP contribution in [0.25, 0.3) is 0 Å². The number of benzene rings is 1. The Bertz CT molecular complexity index is 626. The summed E-state index contributed by atoms with van der Waals surface area (Å²) in [6.45, 7) is 1.87. The number of urea groups is 1. The monoisotopic (exact) mass is 332 g/mol. The van der Waals surface area contributed by atoms with Crippen LogP contribution in [-0.4, -0.2) is 62.3 Å². The highest BCUT2D eigenvalue weighted by molar-refractivity contribution is 5.91. The van der Waals surface area contributed by atoms with Crippen LogP contribution in [0, 0.1) is 0 Å². The summed E-state index contributed by atoms with van der Waals surface area (Å²) in [6, 6.07) is 9.08. The lowest BCUT2D eigenvalue weighted by atomic mass is 10.3. The summed E-state index contributed by atoms with van der Waals surface area (Å²) in [7, 11) is 7.47. The summed E-state index contributed by atoms with van der Waals surface area (Å²) < 4.78 is 10.4. The summed E-state index contributed by atoms with van der Waals surface area (Å²) >= 11 is 0. The molecule has 2 aromatic rings. The van der Waals surface area contributed by atoms with E-state index in [0.29, 0.717) is 18.8 Å². The molecule has 1 aromatic carbocycles. The zero-order chi connectivity index (χ0) is 17.5. The van der Waals surface area contributed by atoms with Crippen molar-refractivity contribution in [2.45, 2.75) is 6.54 Å². The van der Waals surface area contributed by atoms with Gasteiger partial charge in [-0.3, -0.25) is 4.90 Å². The molecular weight excluding hydrogens is 308 g/mol. The van der Waals surface area contributed by atoms with Crippen LogP contribution in [0.15, 0.2) is 41.1 Å². The quantitative estimate of drug-likeness (QED) is 0.778. The first-order chi connectivity index (χ1) is 11.5. The Morgan fingerprint density at radius 2 is 1.83 bits per heavy atom. The number of aromatic nitrogens is 1. The lowest BCUT2D eigenvalue weighted by Crippen LogP contribution is -2.38. The average Bonchev–Trinajstić information content (AvgIpc) is 3.06. The predicted molar refractivity (Wildman–Crippen MR) is 92.3 cm³/mol. The summed E-state index contributed by atoms with van der Waals surface area (Å²) in [5.41, 5.74) is 1.51. The minimum absolute atomic E-state index is 0.126. The fourth-order valence-electron chi connectivity index (χ4n) is 2.11. The Balaban J connectivity index is 1.91. The number of anilines is 1. The number of ether oxygens (including phenoxy) is 1. The molecule has 0 fully saturated rings. The van der Waals surface area contributed by atoms with Gasteiger partial charge in [0.2, 0.25) is 0 Å². The van der Waals surface area contributed by atoms with Gasteiger partial charge in [-0.1, -0.05) is 5.16 Å². The molecule has 1 heterocycles. The van der Waals surface area contributed by atoms with Gasteiger partial charge in [-0.05, 0) is 38.4 Å². The van der Waals surface area contributed by atoms with Crippen LogP contribution in [-0.2, 0) is 6.54 Å². The predicted octanol–water partition coefficient (Wildman–Crippen LogP) is 2.30. The average molecular weight is 332 g/mol. The Labute approximate surface area is 142 Å². The van der Waals surface area contributed by atoms with Crippen molar-refractivity contribution in [3.8, 4) is 5.75 Å². The Kier molecular flexibility index (Phi) is 6.20. The highest BCUT2D eigenvalue weighted by Gasteiger charge is 2.17. The third-order valence-corrected chi connectivity index (χ3v) is 3.54. The van der Waals surface area contributed by atoms with Gasteiger partial charge in [-0.25, -0.2) is 4.79 Å². The van der Waals surface area contributed by atoms with Gasteiger partial charge in [0.1, 0.15) is 24.3 Å². The number of rotatable bonds is 7. The van der Waals surface area contributed by atoms with Crippen molar-refractivity contribution in [1.82, 2.24) is 15.0 Å². The smallest absolute Gasteiger partial charge is 0.324 e. The van der Waals surface area contributed by atoms with Crippen LogP contribution in [0.1, 0.15) is 5.69 Å². The first-order valence-corrected chi connectivity index (χ1v) is 7.73. The van der Waals surface area contributed by atoms with Gasteiger partial charge in [0, 0.05) is 32.4 Å². The standard InChI is InChI=1S/C17H24N4O3/c1-19(2)10-12-23-16-7-5-15(6-8-16)21(4)17(22)20(3)13-14-9-11-24-18-14/h5-9,11H,10,12-13H2,1-4H3. The molecule has 0 aliphatic carbocycles. The van der Waals surface area contributed by atoms with Gasteiger partial charge in [0.05, 0.1) is 6.54 Å². The molecule has 0 saturated heterocycles. The third kappa shape index (κ3) is 4.99. The van der Waals surface area contributed by atoms with Crippen molar-refractivity contribution in [1.29, 1.82) is 0 Å². The molecule has 7 heteroatoms. The lowest BCUT2D eigenvalue weighted by molar-refractivity contribution is 0.213. The number of carbonyl (C=O) groups is 1. The first kappa shape index (κ1) is 17.8. The molecule has 2 rings (SSSR count). The fourth-order valence-corrected chi connectivity index (χ4v) is 2.11. The van der Waals surface area contributed by atoms with E-state index in [-0.39, 0.29) is 6.03 Å². The van der Waals surface area contributed by atoms with Crippen molar-refractivity contribution < 1.29 is 14.1 Å². The molecule has 0 aliphatic rings. The fraction of sp³-hybridized carbons (Fsp3) is 0.412. The normalized spacial score (nSPS) is 10.7. The van der Waals surface area contributed by atoms with Crippen molar-refractivity contribution >= 4 is 11.7 Å². The summed E-state index contributed by atoms with van der Waals surface area (Å²) in [5.74, 6) is 0.789. The van der Waals surface area contributed by atoms with E-state index >= 15 is 0 Å². The maximum atomic E-state index is 12.5. The minimum Gasteiger partial charge on any atom is -0.492 e. The van der Waals surface area contributed by atoms with E-state index < -0.39 is 0 Å². The topological polar surface area (TPSA) is 62.1 Å². The van der Waals surface area contributed by atoms with Crippen LogP contribution >= 0.6 is 0 Å². The number of nitrogens with zero attached hydrogens (tertiary/aromatic N) is 4. The minimum atomic E-state index is -0.126. The summed E-state index contributed by atoms with van der Waals surface area (Å²) in [6.07, 6.45) is 1.49. The number of hydrogen-bond donors (Lipinski definition) is 0. The van der Waals surface area contributed by atoms with Crippen molar-refractivity contribution in [3.63, 3.8) is 0 Å². The first-order valence-electron chi connectivity index (χ1n) is 7.73. The van der Waals surface area contributed by atoms with E-state index in [1.165, 1.54) is 6.26 Å². The Hall–Kier alpha value is -2.54. The van der Waals surface area contributed by atoms with Crippen molar-refractivity contribution in [2.24, 2.45) is 0 Å². The van der Waals surface area contributed by atoms with Gasteiger partial charge >= 0.3 is 6.03 Å². The van der Waals surface area contributed by atoms with Crippen LogP contribution in [0.3, 0.4) is 0 Å². The molecule has 0 N–H and O–H groups in total. The lowest BCUT2D eigenvalue weighted by Gasteiger charge is -2.24. The van der Waals surface area contributed by atoms with E-state index in [1.54, 1.807) is 30.0 Å². The van der Waals surface area contributed by atoms with Crippen LogP contribution in [0.5, 0.6) is 5.75 Å². The molecule has 130 valence electrons. The molecule has 0 atom stereocenters. The molecule has 1 aromatic heterocycles. The van der Waals surface area contributed by atoms with E-state index in [0.717, 1.165) is 18.0 Å². The molecule has 7 nitrogen and oxygen atoms in total. The molecule has 0 unspecified atom stereocenters. The summed E-state index contributed by atoms with van der Waals surface area (Å²) in [5, 5.41) is 3.82. The maximum Gasteiger partial charge on any atom is 0.324 e. The second-order valence-electron chi connectivity index (χ2n) is 5.83. The molecular formula is C17H24N4O3. The molecule has 0 spiro atoms. The molecule has 0 aliphatic heterocycles.